The molecule has 1 aliphatic heterocycles. The van der Waals surface area contributed by atoms with Crippen LogP contribution in [0.25, 0.3) is 11.3 Å². The molecule has 0 spiro atoms. The van der Waals surface area contributed by atoms with Gasteiger partial charge in [0.25, 0.3) is 0 Å². The summed E-state index contributed by atoms with van der Waals surface area (Å²) in [6.45, 7) is 0.874. The lowest BCUT2D eigenvalue weighted by atomic mass is 10.1. The number of hydrogen-bond donors (Lipinski definition) is 1. The number of rotatable bonds is 3. The second kappa shape index (κ2) is 4.86. The molecular weight excluding hydrogens is 310 g/mol. The summed E-state index contributed by atoms with van der Waals surface area (Å²) in [4.78, 5) is 0. The summed E-state index contributed by atoms with van der Waals surface area (Å²) in [5, 5.41) is 4.54. The Bertz CT molecular complexity index is 625. The van der Waals surface area contributed by atoms with Crippen molar-refractivity contribution >= 4 is 15.9 Å². The van der Waals surface area contributed by atoms with Gasteiger partial charge in [-0.1, -0.05) is 0 Å². The van der Waals surface area contributed by atoms with E-state index < -0.39 is 0 Å². The smallest absolute Gasteiger partial charge is 0.231 e. The summed E-state index contributed by atoms with van der Waals surface area (Å²) in [5.41, 5.74) is 8.60. The summed E-state index contributed by atoms with van der Waals surface area (Å²) in [6, 6.07) is 5.83. The third-order valence-corrected chi connectivity index (χ3v) is 3.96. The molecule has 0 saturated carbocycles. The summed E-state index contributed by atoms with van der Waals surface area (Å²) in [5.74, 6) is 1.54. The van der Waals surface area contributed by atoms with Crippen LogP contribution in [0.3, 0.4) is 0 Å². The lowest BCUT2D eigenvalue weighted by molar-refractivity contribution is 0.174. The molecule has 0 saturated heterocycles. The molecule has 1 aromatic carbocycles. The molecule has 19 heavy (non-hydrogen) atoms. The highest BCUT2D eigenvalue weighted by molar-refractivity contribution is 9.10. The van der Waals surface area contributed by atoms with Gasteiger partial charge in [0.05, 0.1) is 10.2 Å². The zero-order valence-corrected chi connectivity index (χ0v) is 12.1. The predicted octanol–water partition coefficient (Wildman–Crippen LogP) is 2.08. The van der Waals surface area contributed by atoms with Crippen molar-refractivity contribution in [2.75, 3.05) is 13.3 Å². The zero-order chi connectivity index (χ0) is 13.4. The van der Waals surface area contributed by atoms with E-state index in [1.54, 1.807) is 0 Å². The highest BCUT2D eigenvalue weighted by Gasteiger charge is 2.18. The fraction of sp³-hybridized carbons (Fsp3) is 0.308. The van der Waals surface area contributed by atoms with Gasteiger partial charge in [0.2, 0.25) is 6.79 Å². The van der Waals surface area contributed by atoms with Crippen LogP contribution in [0.1, 0.15) is 5.69 Å². The molecule has 0 fully saturated rings. The van der Waals surface area contributed by atoms with Crippen LogP contribution in [0.2, 0.25) is 0 Å². The van der Waals surface area contributed by atoms with Gasteiger partial charge in [0, 0.05) is 19.0 Å². The Hall–Kier alpha value is -1.53. The van der Waals surface area contributed by atoms with Crippen molar-refractivity contribution in [2.45, 2.75) is 6.42 Å². The van der Waals surface area contributed by atoms with E-state index in [4.69, 9.17) is 15.2 Å². The normalized spacial score (nSPS) is 13.0. The molecule has 6 heteroatoms. The Balaban J connectivity index is 2.05. The quantitative estimate of drug-likeness (QED) is 0.939. The standard InChI is InChI=1S/C13H14BrN3O2/c1-17-9(4-5-15)12(14)13(16-17)8-2-3-10-11(6-8)19-7-18-10/h2-3,6H,4-5,7,15H2,1H3. The highest BCUT2D eigenvalue weighted by atomic mass is 79.9. The minimum absolute atomic E-state index is 0.278. The number of ether oxygens (including phenoxy) is 2. The van der Waals surface area contributed by atoms with Crippen molar-refractivity contribution < 1.29 is 9.47 Å². The number of aromatic nitrogens is 2. The second-order valence-corrected chi connectivity index (χ2v) is 5.13. The average molecular weight is 324 g/mol. The van der Waals surface area contributed by atoms with Crippen LogP contribution >= 0.6 is 15.9 Å². The lowest BCUT2D eigenvalue weighted by Crippen LogP contribution is -2.07. The van der Waals surface area contributed by atoms with E-state index >= 15 is 0 Å². The minimum atomic E-state index is 0.278. The van der Waals surface area contributed by atoms with Gasteiger partial charge in [0.1, 0.15) is 5.69 Å². The predicted molar refractivity (Wildman–Crippen MR) is 75.2 cm³/mol. The SMILES string of the molecule is Cn1nc(-c2ccc3c(c2)OCO3)c(Br)c1CCN. The van der Waals surface area contributed by atoms with Gasteiger partial charge in [-0.3, -0.25) is 4.68 Å². The molecule has 0 aliphatic carbocycles. The first-order valence-corrected chi connectivity index (χ1v) is 6.81. The average Bonchev–Trinajstić information content (AvgIpc) is 2.97. The molecule has 100 valence electrons. The van der Waals surface area contributed by atoms with Crippen LogP contribution in [0.4, 0.5) is 0 Å². The van der Waals surface area contributed by atoms with Gasteiger partial charge >= 0.3 is 0 Å². The van der Waals surface area contributed by atoms with E-state index in [1.165, 1.54) is 0 Å². The van der Waals surface area contributed by atoms with E-state index in [0.717, 1.165) is 39.3 Å². The van der Waals surface area contributed by atoms with E-state index in [9.17, 15) is 0 Å². The lowest BCUT2D eigenvalue weighted by Gasteiger charge is -2.01. The molecule has 0 atom stereocenters. The molecule has 1 aliphatic rings. The van der Waals surface area contributed by atoms with Gasteiger partial charge < -0.3 is 15.2 Å². The summed E-state index contributed by atoms with van der Waals surface area (Å²) >= 11 is 3.61. The number of hydrogen-bond acceptors (Lipinski definition) is 4. The Labute approximate surface area is 119 Å². The van der Waals surface area contributed by atoms with E-state index in [0.29, 0.717) is 6.54 Å². The topological polar surface area (TPSA) is 62.3 Å². The van der Waals surface area contributed by atoms with Gasteiger partial charge in [-0.25, -0.2) is 0 Å². The Morgan fingerprint density at radius 3 is 2.95 bits per heavy atom. The van der Waals surface area contributed by atoms with Crippen molar-refractivity contribution in [2.24, 2.45) is 12.8 Å². The van der Waals surface area contributed by atoms with Crippen LogP contribution in [0, 0.1) is 0 Å². The minimum Gasteiger partial charge on any atom is -0.454 e. The largest absolute Gasteiger partial charge is 0.454 e. The van der Waals surface area contributed by atoms with Crippen molar-refractivity contribution in [1.29, 1.82) is 0 Å². The first kappa shape index (κ1) is 12.5. The molecule has 2 aromatic rings. The third kappa shape index (κ3) is 2.11. The van der Waals surface area contributed by atoms with Gasteiger partial charge in [-0.15, -0.1) is 0 Å². The fourth-order valence-corrected chi connectivity index (χ4v) is 2.93. The summed E-state index contributed by atoms with van der Waals surface area (Å²) < 4.78 is 13.5. The first-order chi connectivity index (χ1) is 9.20. The molecule has 0 amide bonds. The molecule has 0 unspecified atom stereocenters. The maximum absolute atomic E-state index is 5.62. The number of fused-ring (bicyclic) bond motifs is 1. The van der Waals surface area contributed by atoms with E-state index in [-0.39, 0.29) is 6.79 Å². The Kier molecular flexibility index (Phi) is 3.20. The number of benzene rings is 1. The molecule has 0 radical (unpaired) electrons. The molecule has 2 heterocycles. The van der Waals surface area contributed by atoms with Crippen molar-refractivity contribution in [3.05, 3.63) is 28.4 Å². The maximum Gasteiger partial charge on any atom is 0.231 e. The summed E-state index contributed by atoms with van der Waals surface area (Å²) in [6.07, 6.45) is 0.786. The van der Waals surface area contributed by atoms with Crippen molar-refractivity contribution in [3.8, 4) is 22.8 Å². The van der Waals surface area contributed by atoms with Crippen LogP contribution in [0.5, 0.6) is 11.5 Å². The zero-order valence-electron chi connectivity index (χ0n) is 10.5. The molecule has 2 N–H and O–H groups in total. The monoisotopic (exact) mass is 323 g/mol. The number of nitrogens with zero attached hydrogens (tertiary/aromatic N) is 2. The van der Waals surface area contributed by atoms with Gasteiger partial charge in [-0.05, 0) is 40.7 Å². The second-order valence-electron chi connectivity index (χ2n) is 4.34. The van der Waals surface area contributed by atoms with E-state index in [2.05, 4.69) is 21.0 Å². The van der Waals surface area contributed by atoms with Gasteiger partial charge in [0.15, 0.2) is 11.5 Å². The molecule has 5 nitrogen and oxygen atoms in total. The first-order valence-electron chi connectivity index (χ1n) is 6.02. The Morgan fingerprint density at radius 2 is 2.16 bits per heavy atom. The van der Waals surface area contributed by atoms with Crippen molar-refractivity contribution in [1.82, 2.24) is 9.78 Å². The number of nitrogens with two attached hydrogens (primary N) is 1. The van der Waals surface area contributed by atoms with Crippen LogP contribution in [0.15, 0.2) is 22.7 Å². The third-order valence-electron chi connectivity index (χ3n) is 3.13. The maximum atomic E-state index is 5.62. The molecule has 3 rings (SSSR count). The van der Waals surface area contributed by atoms with Gasteiger partial charge in [-0.2, -0.15) is 5.10 Å². The molecular formula is C13H14BrN3O2. The van der Waals surface area contributed by atoms with Crippen LogP contribution in [-0.2, 0) is 13.5 Å². The molecule has 1 aromatic heterocycles. The van der Waals surface area contributed by atoms with E-state index in [1.807, 2.05) is 29.9 Å². The van der Waals surface area contributed by atoms with Crippen LogP contribution < -0.4 is 15.2 Å². The number of halogens is 1. The van der Waals surface area contributed by atoms with Crippen molar-refractivity contribution in [3.63, 3.8) is 0 Å². The summed E-state index contributed by atoms with van der Waals surface area (Å²) in [7, 11) is 1.92. The van der Waals surface area contributed by atoms with Crippen LogP contribution in [-0.4, -0.2) is 23.1 Å². The Morgan fingerprint density at radius 1 is 1.37 bits per heavy atom. The molecule has 0 bridgehead atoms. The highest BCUT2D eigenvalue weighted by Crippen LogP contribution is 2.38. The fourth-order valence-electron chi connectivity index (χ4n) is 2.17. The number of aryl methyl sites for hydroxylation is 1.